The molecule has 1 aromatic heterocycles. The van der Waals surface area contributed by atoms with Crippen molar-refractivity contribution in [2.45, 2.75) is 11.8 Å². The standard InChI is InChI=1S/C19H19N3O4S/c1-13-11-15(8-9-17(13)26-2)27(24,25)21-12-18(23)22-16-7-3-5-14-6-4-10-20-19(14)16/h3-11,21H,12H2,1-2H3,(H,22,23). The molecular formula is C19H19N3O4S. The molecule has 0 aliphatic heterocycles. The molecule has 3 rings (SSSR count). The summed E-state index contributed by atoms with van der Waals surface area (Å²) in [4.78, 5) is 16.5. The van der Waals surface area contributed by atoms with Gasteiger partial charge in [0.2, 0.25) is 15.9 Å². The number of hydrogen-bond donors (Lipinski definition) is 2. The molecule has 0 saturated carbocycles. The van der Waals surface area contributed by atoms with Crippen LogP contribution in [0.25, 0.3) is 10.9 Å². The van der Waals surface area contributed by atoms with Crippen LogP contribution >= 0.6 is 0 Å². The van der Waals surface area contributed by atoms with Crippen LogP contribution in [0.3, 0.4) is 0 Å². The van der Waals surface area contributed by atoms with Gasteiger partial charge in [0, 0.05) is 11.6 Å². The first kappa shape index (κ1) is 18.8. The average Bonchev–Trinajstić information content (AvgIpc) is 2.67. The Labute approximate surface area is 157 Å². The van der Waals surface area contributed by atoms with Crippen LogP contribution in [0.5, 0.6) is 5.75 Å². The molecule has 7 nitrogen and oxygen atoms in total. The molecule has 0 unspecified atom stereocenters. The molecule has 2 aromatic carbocycles. The summed E-state index contributed by atoms with van der Waals surface area (Å²) in [7, 11) is -2.30. The van der Waals surface area contributed by atoms with Gasteiger partial charge in [0.25, 0.3) is 0 Å². The van der Waals surface area contributed by atoms with Crippen molar-refractivity contribution in [2.75, 3.05) is 19.0 Å². The first-order valence-corrected chi connectivity index (χ1v) is 9.67. The average molecular weight is 385 g/mol. The van der Waals surface area contributed by atoms with E-state index in [2.05, 4.69) is 15.0 Å². The molecule has 0 atom stereocenters. The van der Waals surface area contributed by atoms with Gasteiger partial charge in [-0.15, -0.1) is 0 Å². The molecule has 3 aromatic rings. The van der Waals surface area contributed by atoms with Gasteiger partial charge in [0.1, 0.15) is 5.75 Å². The van der Waals surface area contributed by atoms with E-state index in [1.54, 1.807) is 37.4 Å². The highest BCUT2D eigenvalue weighted by Crippen LogP contribution is 2.22. The van der Waals surface area contributed by atoms with Gasteiger partial charge in [0.05, 0.1) is 29.8 Å². The Balaban J connectivity index is 1.70. The van der Waals surface area contributed by atoms with Crippen LogP contribution in [-0.2, 0) is 14.8 Å². The van der Waals surface area contributed by atoms with Gasteiger partial charge >= 0.3 is 0 Å². The van der Waals surface area contributed by atoms with E-state index in [-0.39, 0.29) is 4.90 Å². The van der Waals surface area contributed by atoms with Crippen molar-refractivity contribution < 1.29 is 17.9 Å². The van der Waals surface area contributed by atoms with Gasteiger partial charge in [-0.3, -0.25) is 9.78 Å². The normalized spacial score (nSPS) is 11.3. The number of sulfonamides is 1. The molecule has 1 heterocycles. The van der Waals surface area contributed by atoms with Crippen molar-refractivity contribution >= 4 is 32.5 Å². The third-order valence-electron chi connectivity index (χ3n) is 4.01. The first-order chi connectivity index (χ1) is 12.9. The summed E-state index contributed by atoms with van der Waals surface area (Å²) in [5.41, 5.74) is 1.85. The summed E-state index contributed by atoms with van der Waals surface area (Å²) in [6.07, 6.45) is 1.63. The van der Waals surface area contributed by atoms with Crippen LogP contribution in [0.4, 0.5) is 5.69 Å². The predicted octanol–water partition coefficient (Wildman–Crippen LogP) is 2.47. The number of para-hydroxylation sites is 1. The van der Waals surface area contributed by atoms with Crippen molar-refractivity contribution in [3.05, 3.63) is 60.3 Å². The highest BCUT2D eigenvalue weighted by molar-refractivity contribution is 7.89. The van der Waals surface area contributed by atoms with E-state index in [0.29, 0.717) is 22.5 Å². The van der Waals surface area contributed by atoms with Gasteiger partial charge in [0.15, 0.2) is 0 Å². The number of carbonyl (C=O) groups excluding carboxylic acids is 1. The molecule has 140 valence electrons. The molecule has 0 bridgehead atoms. The highest BCUT2D eigenvalue weighted by atomic mass is 32.2. The molecule has 0 spiro atoms. The Kier molecular flexibility index (Phi) is 5.38. The van der Waals surface area contributed by atoms with Crippen molar-refractivity contribution in [3.63, 3.8) is 0 Å². The quantitative estimate of drug-likeness (QED) is 0.679. The third kappa shape index (κ3) is 4.24. The maximum atomic E-state index is 12.4. The third-order valence-corrected chi connectivity index (χ3v) is 5.41. The van der Waals surface area contributed by atoms with Crippen molar-refractivity contribution in [2.24, 2.45) is 0 Å². The fraction of sp³-hybridized carbons (Fsp3) is 0.158. The molecule has 27 heavy (non-hydrogen) atoms. The molecule has 0 aliphatic carbocycles. The number of hydrogen-bond acceptors (Lipinski definition) is 5. The van der Waals surface area contributed by atoms with Gasteiger partial charge < -0.3 is 10.1 Å². The summed E-state index contributed by atoms with van der Waals surface area (Å²) in [6.45, 7) is 1.36. The van der Waals surface area contributed by atoms with Crippen LogP contribution in [0.15, 0.2) is 59.6 Å². The van der Waals surface area contributed by atoms with Crippen LogP contribution in [0.1, 0.15) is 5.56 Å². The fourth-order valence-corrected chi connectivity index (χ4v) is 3.73. The number of nitrogens with one attached hydrogen (secondary N) is 2. The second-order valence-corrected chi connectivity index (χ2v) is 7.65. The number of pyridine rings is 1. The van der Waals surface area contributed by atoms with Crippen molar-refractivity contribution in [1.29, 1.82) is 0 Å². The minimum absolute atomic E-state index is 0.0698. The molecule has 0 fully saturated rings. The smallest absolute Gasteiger partial charge is 0.241 e. The van der Waals surface area contributed by atoms with Crippen molar-refractivity contribution in [3.8, 4) is 5.75 Å². The van der Waals surface area contributed by atoms with E-state index >= 15 is 0 Å². The summed E-state index contributed by atoms with van der Waals surface area (Å²) in [5, 5.41) is 3.57. The van der Waals surface area contributed by atoms with Crippen LogP contribution < -0.4 is 14.8 Å². The predicted molar refractivity (Wildman–Crippen MR) is 103 cm³/mol. The van der Waals surface area contributed by atoms with E-state index in [9.17, 15) is 13.2 Å². The van der Waals surface area contributed by atoms with E-state index in [0.717, 1.165) is 5.39 Å². The van der Waals surface area contributed by atoms with Crippen LogP contribution in [0, 0.1) is 6.92 Å². The topological polar surface area (TPSA) is 97.4 Å². The molecule has 0 aliphatic rings. The summed E-state index contributed by atoms with van der Waals surface area (Å²) < 4.78 is 32.3. The molecule has 0 saturated heterocycles. The number of aryl methyl sites for hydroxylation is 1. The number of methoxy groups -OCH3 is 1. The minimum atomic E-state index is -3.82. The number of nitrogens with zero attached hydrogens (tertiary/aromatic N) is 1. The number of anilines is 1. The Hall–Kier alpha value is -2.97. The Morgan fingerprint density at radius 3 is 2.67 bits per heavy atom. The number of aromatic nitrogens is 1. The first-order valence-electron chi connectivity index (χ1n) is 8.18. The number of benzene rings is 2. The maximum absolute atomic E-state index is 12.4. The monoisotopic (exact) mass is 385 g/mol. The van der Waals surface area contributed by atoms with E-state index in [1.807, 2.05) is 12.1 Å². The summed E-state index contributed by atoms with van der Waals surface area (Å²) in [5.74, 6) is 0.108. The van der Waals surface area contributed by atoms with Gasteiger partial charge in [-0.2, -0.15) is 0 Å². The molecule has 8 heteroatoms. The number of fused-ring (bicyclic) bond motifs is 1. The van der Waals surface area contributed by atoms with Crippen LogP contribution in [0.2, 0.25) is 0 Å². The Morgan fingerprint density at radius 2 is 1.93 bits per heavy atom. The lowest BCUT2D eigenvalue weighted by molar-refractivity contribution is -0.115. The highest BCUT2D eigenvalue weighted by Gasteiger charge is 2.17. The molecular weight excluding hydrogens is 366 g/mol. The van der Waals surface area contributed by atoms with E-state index < -0.39 is 22.5 Å². The summed E-state index contributed by atoms with van der Waals surface area (Å²) >= 11 is 0. The van der Waals surface area contributed by atoms with E-state index in [1.165, 1.54) is 19.2 Å². The fourth-order valence-electron chi connectivity index (χ4n) is 2.66. The molecule has 2 N–H and O–H groups in total. The van der Waals surface area contributed by atoms with Gasteiger partial charge in [-0.1, -0.05) is 18.2 Å². The number of rotatable bonds is 6. The zero-order valence-corrected chi connectivity index (χ0v) is 15.7. The van der Waals surface area contributed by atoms with Gasteiger partial charge in [-0.25, -0.2) is 13.1 Å². The van der Waals surface area contributed by atoms with E-state index in [4.69, 9.17) is 4.74 Å². The maximum Gasteiger partial charge on any atom is 0.241 e. The second kappa shape index (κ2) is 7.73. The minimum Gasteiger partial charge on any atom is -0.496 e. The number of amides is 1. The molecule has 0 radical (unpaired) electrons. The Bertz CT molecular complexity index is 1090. The zero-order valence-electron chi connectivity index (χ0n) is 14.9. The largest absolute Gasteiger partial charge is 0.496 e. The lowest BCUT2D eigenvalue weighted by atomic mass is 10.2. The Morgan fingerprint density at radius 1 is 1.15 bits per heavy atom. The van der Waals surface area contributed by atoms with Crippen LogP contribution in [-0.4, -0.2) is 33.0 Å². The lowest BCUT2D eigenvalue weighted by Crippen LogP contribution is -2.33. The van der Waals surface area contributed by atoms with Gasteiger partial charge in [-0.05, 0) is 42.8 Å². The molecule has 1 amide bonds. The van der Waals surface area contributed by atoms with Crippen molar-refractivity contribution in [1.82, 2.24) is 9.71 Å². The summed E-state index contributed by atoms with van der Waals surface area (Å²) in [6, 6.07) is 13.6. The lowest BCUT2D eigenvalue weighted by Gasteiger charge is -2.11. The SMILES string of the molecule is COc1ccc(S(=O)(=O)NCC(=O)Nc2cccc3cccnc23)cc1C. The second-order valence-electron chi connectivity index (χ2n) is 5.88. The number of ether oxygens (including phenoxy) is 1. The zero-order chi connectivity index (χ0) is 19.4. The number of carbonyl (C=O) groups is 1.